The Bertz CT molecular complexity index is 1910. The van der Waals surface area contributed by atoms with Gasteiger partial charge in [-0.15, -0.1) is 0 Å². The molecule has 2 aromatic carbocycles. The van der Waals surface area contributed by atoms with Gasteiger partial charge in [-0.3, -0.25) is 4.79 Å². The smallest absolute Gasteiger partial charge is 0.343 e. The van der Waals surface area contributed by atoms with Gasteiger partial charge in [0.15, 0.2) is 11.7 Å². The van der Waals surface area contributed by atoms with Crippen LogP contribution < -0.4 is 5.32 Å². The van der Waals surface area contributed by atoms with Crippen LogP contribution in [-0.4, -0.2) is 31.6 Å². The molecular weight excluding hydrogens is 557 g/mol. The Hall–Kier alpha value is -3.99. The van der Waals surface area contributed by atoms with E-state index in [1.54, 1.807) is 44.2 Å². The lowest BCUT2D eigenvalue weighted by Crippen LogP contribution is -2.41. The molecule has 42 heavy (non-hydrogen) atoms. The van der Waals surface area contributed by atoms with Crippen molar-refractivity contribution in [3.63, 3.8) is 0 Å². The predicted octanol–water partition coefficient (Wildman–Crippen LogP) is 4.73. The highest BCUT2D eigenvalue weighted by molar-refractivity contribution is 7.71. The first-order chi connectivity index (χ1) is 20.1. The molecule has 3 N–H and O–H groups in total. The van der Waals surface area contributed by atoms with Gasteiger partial charge < -0.3 is 24.8 Å². The zero-order valence-electron chi connectivity index (χ0n) is 23.0. The second-order valence-corrected chi connectivity index (χ2v) is 11.6. The summed E-state index contributed by atoms with van der Waals surface area (Å²) < 4.78 is 22.8. The van der Waals surface area contributed by atoms with Crippen LogP contribution in [0.25, 0.3) is 22.3 Å². The molecule has 0 spiro atoms. The maximum Gasteiger partial charge on any atom is 0.343 e. The molecule has 2 aromatic heterocycles. The molecule has 3 aliphatic rings. The van der Waals surface area contributed by atoms with Gasteiger partial charge in [-0.1, -0.05) is 49.5 Å². The van der Waals surface area contributed by atoms with E-state index < -0.39 is 29.6 Å². The molecule has 10 heteroatoms. The molecule has 4 aromatic rings. The third-order valence-electron chi connectivity index (χ3n) is 9.06. The van der Waals surface area contributed by atoms with Crippen molar-refractivity contribution in [1.82, 2.24) is 14.9 Å². The second-order valence-electron chi connectivity index (χ2n) is 11.2. The van der Waals surface area contributed by atoms with E-state index >= 15 is 4.39 Å². The van der Waals surface area contributed by atoms with E-state index in [2.05, 4.69) is 5.32 Å². The number of benzene rings is 2. The van der Waals surface area contributed by atoms with Gasteiger partial charge in [-0.05, 0) is 54.5 Å². The minimum Gasteiger partial charge on any atom is -0.458 e. The highest BCUT2D eigenvalue weighted by Crippen LogP contribution is 2.47. The average molecular weight is 586 g/mol. The van der Waals surface area contributed by atoms with Crippen molar-refractivity contribution in [2.75, 3.05) is 0 Å². The summed E-state index contributed by atoms with van der Waals surface area (Å²) in [6.45, 7) is 3.75. The molecule has 214 valence electrons. The topological polar surface area (TPSA) is 114 Å². The van der Waals surface area contributed by atoms with Crippen LogP contribution in [-0.2, 0) is 39.5 Å². The number of amides is 1. The summed E-state index contributed by atoms with van der Waals surface area (Å²) in [5.74, 6) is -1.61. The van der Waals surface area contributed by atoms with Crippen molar-refractivity contribution in [1.29, 1.82) is 0 Å². The third-order valence-corrected chi connectivity index (χ3v) is 9.52. The molecule has 1 aliphatic carbocycles. The molecule has 0 radical (unpaired) electrons. The van der Waals surface area contributed by atoms with E-state index in [1.165, 1.54) is 6.07 Å². The Balaban J connectivity index is 1.42. The van der Waals surface area contributed by atoms with E-state index in [4.69, 9.17) is 21.9 Å². The number of pyridine rings is 2. The van der Waals surface area contributed by atoms with Gasteiger partial charge >= 0.3 is 5.97 Å². The van der Waals surface area contributed by atoms with Gasteiger partial charge in [0, 0.05) is 28.1 Å². The number of nitrogens with zero attached hydrogens (tertiary/aromatic N) is 2. The van der Waals surface area contributed by atoms with Crippen LogP contribution in [0, 0.1) is 17.4 Å². The maximum atomic E-state index is 15.1. The summed E-state index contributed by atoms with van der Waals surface area (Å²) in [5.41, 5.74) is 4.27. The number of cyclic esters (lactones) is 1. The second kappa shape index (κ2) is 9.52. The van der Waals surface area contributed by atoms with Crippen LogP contribution >= 0.6 is 12.2 Å². The lowest BCUT2D eigenvalue weighted by molar-refractivity contribution is -0.172. The minimum absolute atomic E-state index is 0.0428. The molecule has 2 aliphatic heterocycles. The van der Waals surface area contributed by atoms with E-state index in [9.17, 15) is 19.8 Å². The first-order valence-corrected chi connectivity index (χ1v) is 14.4. The van der Waals surface area contributed by atoms with Gasteiger partial charge in [0.05, 0.1) is 29.5 Å². The standard InChI is InChI=1S/C32H28FN3O5S/c1-3-32(40)20-11-24-27-18(13-36(24)30(42)19(20)14-41-31(32)39)26-22(35-29(38)28(37)16-7-5-4-6-8-16)10-9-17-15(2)21(33)12-23(34-27)25(17)26/h4-8,11-12,22,28,37,40H,3,9-10,13-14H2,1-2H3,(H,35,38)/t22-,28+,32+/m1/s1. The highest BCUT2D eigenvalue weighted by Gasteiger charge is 2.45. The zero-order chi connectivity index (χ0) is 29.5. The Labute approximate surface area is 245 Å². The Morgan fingerprint density at radius 2 is 2.02 bits per heavy atom. The van der Waals surface area contributed by atoms with Crippen molar-refractivity contribution in [2.24, 2.45) is 0 Å². The number of rotatable bonds is 4. The summed E-state index contributed by atoms with van der Waals surface area (Å²) in [6.07, 6.45) is -0.211. The number of halogens is 1. The fraction of sp³-hybridized carbons (Fsp3) is 0.312. The predicted molar refractivity (Wildman–Crippen MR) is 154 cm³/mol. The first kappa shape index (κ1) is 26.9. The number of esters is 1. The Morgan fingerprint density at radius 3 is 2.76 bits per heavy atom. The number of carbonyl (C=O) groups is 2. The number of aromatic nitrogens is 2. The van der Waals surface area contributed by atoms with Crippen LogP contribution in [0.3, 0.4) is 0 Å². The van der Waals surface area contributed by atoms with Gasteiger partial charge in [0.1, 0.15) is 17.1 Å². The van der Waals surface area contributed by atoms with Gasteiger partial charge in [-0.25, -0.2) is 14.2 Å². The number of aliphatic hydroxyl groups is 2. The van der Waals surface area contributed by atoms with Gasteiger partial charge in [-0.2, -0.15) is 0 Å². The molecule has 7 rings (SSSR count). The highest BCUT2D eigenvalue weighted by atomic mass is 32.1. The molecule has 4 heterocycles. The summed E-state index contributed by atoms with van der Waals surface area (Å²) in [6, 6.07) is 11.4. The first-order valence-electron chi connectivity index (χ1n) is 14.0. The van der Waals surface area contributed by atoms with Crippen LogP contribution in [0.1, 0.15) is 70.9 Å². The van der Waals surface area contributed by atoms with Crippen LogP contribution in [0.15, 0.2) is 42.5 Å². The number of fused-ring (bicyclic) bond motifs is 5. The molecule has 0 saturated carbocycles. The number of aryl methyl sites for hydroxylation is 1. The molecule has 0 unspecified atom stereocenters. The molecule has 1 amide bonds. The SMILES string of the molecule is CC[C@@]1(O)C(=O)OCc2c1cc1n(c2=S)Cc2c-1nc1cc(F)c(C)c3c1c2[C@H](NC(=O)[C@@H](O)c1ccccc1)CC3. The fourth-order valence-corrected chi connectivity index (χ4v) is 7.07. The quantitative estimate of drug-likeness (QED) is 0.206. The van der Waals surface area contributed by atoms with Crippen molar-refractivity contribution < 1.29 is 28.9 Å². The zero-order valence-corrected chi connectivity index (χ0v) is 23.8. The molecule has 3 atom stereocenters. The number of carbonyl (C=O) groups excluding carboxylic acids is 2. The average Bonchev–Trinajstić information content (AvgIpc) is 3.37. The molecule has 0 saturated heterocycles. The summed E-state index contributed by atoms with van der Waals surface area (Å²) in [5, 5.41) is 26.0. The Morgan fingerprint density at radius 1 is 1.26 bits per heavy atom. The molecule has 0 bridgehead atoms. The van der Waals surface area contributed by atoms with Crippen LogP contribution in [0.2, 0.25) is 0 Å². The van der Waals surface area contributed by atoms with Crippen molar-refractivity contribution in [2.45, 2.75) is 64.0 Å². The van der Waals surface area contributed by atoms with E-state index in [0.717, 1.165) is 22.1 Å². The van der Waals surface area contributed by atoms with Crippen molar-refractivity contribution in [3.05, 3.63) is 91.9 Å². The summed E-state index contributed by atoms with van der Waals surface area (Å²) >= 11 is 5.87. The number of ether oxygens (including phenoxy) is 1. The lowest BCUT2D eigenvalue weighted by atomic mass is 9.81. The molecule has 8 nitrogen and oxygen atoms in total. The monoisotopic (exact) mass is 585 g/mol. The number of hydrogen-bond donors (Lipinski definition) is 3. The maximum absolute atomic E-state index is 15.1. The van der Waals surface area contributed by atoms with E-state index in [1.807, 2.05) is 10.6 Å². The van der Waals surface area contributed by atoms with Crippen molar-refractivity contribution >= 4 is 35.0 Å². The summed E-state index contributed by atoms with van der Waals surface area (Å²) in [7, 11) is 0. The van der Waals surface area contributed by atoms with E-state index in [-0.39, 0.29) is 18.8 Å². The third kappa shape index (κ3) is 3.71. The largest absolute Gasteiger partial charge is 0.458 e. The number of hydrogen-bond acceptors (Lipinski definition) is 7. The fourth-order valence-electron chi connectivity index (χ4n) is 6.74. The van der Waals surface area contributed by atoms with Crippen LogP contribution in [0.4, 0.5) is 4.39 Å². The minimum atomic E-state index is -1.84. The van der Waals surface area contributed by atoms with Crippen LogP contribution in [0.5, 0.6) is 0 Å². The molecular formula is C32H28FN3O5S. The number of aliphatic hydroxyl groups excluding tert-OH is 1. The summed E-state index contributed by atoms with van der Waals surface area (Å²) in [4.78, 5) is 30.9. The van der Waals surface area contributed by atoms with Gasteiger partial charge in [0.2, 0.25) is 0 Å². The van der Waals surface area contributed by atoms with E-state index in [0.29, 0.717) is 63.2 Å². The Kier molecular flexibility index (Phi) is 6.09. The number of nitrogens with one attached hydrogen (secondary N) is 1. The normalized spacial score (nSPS) is 20.9. The van der Waals surface area contributed by atoms with Gasteiger partial charge in [0.25, 0.3) is 5.91 Å². The van der Waals surface area contributed by atoms with Crippen molar-refractivity contribution in [3.8, 4) is 11.4 Å². The lowest BCUT2D eigenvalue weighted by Gasteiger charge is -2.32. The molecule has 0 fully saturated rings.